The number of guanidine groups is 1. The number of hydrogen-bond donors (Lipinski definition) is 8. The van der Waals surface area contributed by atoms with E-state index in [0.717, 1.165) is 16.0 Å². The summed E-state index contributed by atoms with van der Waals surface area (Å²) in [6, 6.07) is 13.8. The van der Waals surface area contributed by atoms with Gasteiger partial charge in [0.1, 0.15) is 30.0 Å². The highest BCUT2D eigenvalue weighted by molar-refractivity contribution is 7.99. The molecule has 19 nitrogen and oxygen atoms in total. The van der Waals surface area contributed by atoms with E-state index in [1.165, 1.54) is 28.0 Å². The summed E-state index contributed by atoms with van der Waals surface area (Å²) in [5.41, 5.74) is 18.2. The SMILES string of the molecule is CC(C)[C@@H]1NC(=O)[C@H](Cc2cccs2)NC(=O)[C@H](Cc2ccc(Cl)cc2)CC(=O)CCCSC[C@@H](C(=O)N2CCC[C@H]2C(=O)N[C@H](CCCN=C(N)N)C(=O)NCc2ccccc2)CC(=O)[C@H](CC(N)=O)NC1=O. The second-order valence-corrected chi connectivity index (χ2v) is 21.6. The lowest BCUT2D eigenvalue weighted by Gasteiger charge is -2.30. The first-order valence-electron chi connectivity index (χ1n) is 24.9. The van der Waals surface area contributed by atoms with Crippen molar-refractivity contribution in [3.05, 3.63) is 93.1 Å². The summed E-state index contributed by atoms with van der Waals surface area (Å²) in [7, 11) is 0. The Morgan fingerprint density at radius 3 is 2.24 bits per heavy atom. The average Bonchev–Trinajstić information content (AvgIpc) is 4.08. The van der Waals surface area contributed by atoms with Crippen LogP contribution in [0.15, 0.2) is 77.1 Å². The van der Waals surface area contributed by atoms with Gasteiger partial charge in [-0.05, 0) is 84.9 Å². The third kappa shape index (κ3) is 18.9. The van der Waals surface area contributed by atoms with Crippen molar-refractivity contribution in [3.8, 4) is 0 Å². The summed E-state index contributed by atoms with van der Waals surface area (Å²) in [5.74, 6) is -7.53. The van der Waals surface area contributed by atoms with Gasteiger partial charge in [0.15, 0.2) is 11.7 Å². The van der Waals surface area contributed by atoms with Gasteiger partial charge in [0, 0.05) is 66.9 Å². The number of Topliss-reactive ketones (excluding diaryl/α,β-unsaturated/α-hetero) is 2. The van der Waals surface area contributed by atoms with Crippen LogP contribution in [-0.4, -0.2) is 119 Å². The van der Waals surface area contributed by atoms with Gasteiger partial charge < -0.3 is 48.7 Å². The first-order chi connectivity index (χ1) is 35.4. The van der Waals surface area contributed by atoms with Crippen molar-refractivity contribution in [2.24, 2.45) is 39.9 Å². The van der Waals surface area contributed by atoms with E-state index in [-0.39, 0.29) is 75.7 Å². The van der Waals surface area contributed by atoms with E-state index in [4.69, 9.17) is 28.8 Å². The number of thioether (sulfide) groups is 1. The first-order valence-corrected chi connectivity index (χ1v) is 27.4. The third-order valence-electron chi connectivity index (χ3n) is 12.8. The van der Waals surface area contributed by atoms with Crippen molar-refractivity contribution in [3.63, 3.8) is 0 Å². The molecule has 1 aromatic heterocycles. The summed E-state index contributed by atoms with van der Waals surface area (Å²) >= 11 is 8.85. The highest BCUT2D eigenvalue weighted by Gasteiger charge is 2.41. The van der Waals surface area contributed by atoms with Gasteiger partial charge in [-0.3, -0.25) is 48.1 Å². The van der Waals surface area contributed by atoms with Crippen LogP contribution in [0.4, 0.5) is 0 Å². The highest BCUT2D eigenvalue weighted by Crippen LogP contribution is 2.26. The van der Waals surface area contributed by atoms with Crippen LogP contribution in [0.25, 0.3) is 0 Å². The molecule has 0 bridgehead atoms. The molecule has 2 aromatic carbocycles. The molecule has 74 heavy (non-hydrogen) atoms. The molecule has 0 spiro atoms. The number of benzene rings is 2. The number of amides is 7. The van der Waals surface area contributed by atoms with E-state index < -0.39 is 108 Å². The molecular formula is C52H69ClN10O9S2. The van der Waals surface area contributed by atoms with Gasteiger partial charge in [0.05, 0.1) is 18.4 Å². The Morgan fingerprint density at radius 2 is 1.57 bits per heavy atom. The molecule has 2 fully saturated rings. The average molecular weight is 1080 g/mol. The number of aliphatic imine (C=N–C) groups is 1. The van der Waals surface area contributed by atoms with Crippen LogP contribution in [0.2, 0.25) is 5.02 Å². The number of nitrogens with one attached hydrogen (secondary N) is 5. The van der Waals surface area contributed by atoms with Crippen molar-refractivity contribution in [2.75, 3.05) is 24.6 Å². The molecule has 11 N–H and O–H groups in total. The lowest BCUT2D eigenvalue weighted by Crippen LogP contribution is -2.58. The molecule has 400 valence electrons. The Kier molecular flexibility index (Phi) is 23.4. The molecule has 7 atom stereocenters. The lowest BCUT2D eigenvalue weighted by molar-refractivity contribution is -0.143. The van der Waals surface area contributed by atoms with Gasteiger partial charge in [-0.1, -0.05) is 74.0 Å². The number of thiophene rings is 1. The third-order valence-corrected chi connectivity index (χ3v) is 15.2. The molecule has 7 amide bonds. The number of likely N-dealkylation sites (tertiary alicyclic amines) is 1. The minimum absolute atomic E-state index is 0.0635. The van der Waals surface area contributed by atoms with Gasteiger partial charge >= 0.3 is 0 Å². The topological polar surface area (TPSA) is 307 Å². The van der Waals surface area contributed by atoms with Crippen molar-refractivity contribution < 1.29 is 43.2 Å². The van der Waals surface area contributed by atoms with E-state index in [1.807, 2.05) is 41.8 Å². The number of carbonyl (C=O) groups is 9. The zero-order chi connectivity index (χ0) is 53.7. The Labute approximate surface area is 445 Å². The fourth-order valence-corrected chi connectivity index (χ4v) is 10.8. The molecule has 22 heteroatoms. The van der Waals surface area contributed by atoms with E-state index in [9.17, 15) is 43.2 Å². The largest absolute Gasteiger partial charge is 0.370 e. The first kappa shape index (κ1) is 58.6. The maximum atomic E-state index is 14.7. The molecule has 2 saturated heterocycles. The van der Waals surface area contributed by atoms with Gasteiger partial charge in [-0.25, -0.2) is 0 Å². The number of ketones is 2. The summed E-state index contributed by atoms with van der Waals surface area (Å²) in [6.45, 7) is 3.94. The molecule has 0 saturated carbocycles. The van der Waals surface area contributed by atoms with Crippen LogP contribution in [0.3, 0.4) is 0 Å². The minimum Gasteiger partial charge on any atom is -0.370 e. The quantitative estimate of drug-likeness (QED) is 0.0550. The number of nitrogens with two attached hydrogens (primary N) is 3. The standard InChI is InChI=1S/C52H69ClN10O9S2/c1-31(2)45-50(71)60-40(28-44(54)66)43(65)26-35(51(72)63-21-7-15-42(63)49(70)59-39(14-6-20-57-52(55)56)47(68)58-29-33-10-4-3-5-11-33)30-73-22-8-12-37(64)25-34(24-32-16-18-36(53)19-17-32)46(67)61-41(48(69)62-45)27-38-13-9-23-74-38/h3-5,9-11,13,16-19,23,31,34-35,39-42,45H,6-8,12,14-15,20-22,24-30H2,1-2H3,(H2,54,66)(H,58,68)(H,59,70)(H,60,71)(H,61,67)(H,62,69)(H4,55,56,57)/t34-,35+,39-,40+,41+,42+,45+/m1/s1. The van der Waals surface area contributed by atoms with Crippen LogP contribution in [-0.2, 0) is 62.5 Å². The van der Waals surface area contributed by atoms with Gasteiger partial charge in [0.2, 0.25) is 41.4 Å². The summed E-state index contributed by atoms with van der Waals surface area (Å²) < 4.78 is 0. The molecular weight excluding hydrogens is 1010 g/mol. The Hall–Kier alpha value is -6.32. The van der Waals surface area contributed by atoms with Crippen LogP contribution in [0, 0.1) is 17.8 Å². The smallest absolute Gasteiger partial charge is 0.243 e. The van der Waals surface area contributed by atoms with Crippen molar-refractivity contribution in [1.82, 2.24) is 31.5 Å². The highest BCUT2D eigenvalue weighted by atomic mass is 35.5. The summed E-state index contributed by atoms with van der Waals surface area (Å²) in [6.07, 6.45) is 0.747. The Balaban J connectivity index is 1.41. The second kappa shape index (κ2) is 29.5. The number of primary amides is 1. The Bertz CT molecular complexity index is 2440. The molecule has 5 rings (SSSR count). The number of rotatable bonds is 17. The predicted molar refractivity (Wildman–Crippen MR) is 285 cm³/mol. The zero-order valence-corrected chi connectivity index (χ0v) is 44.2. The van der Waals surface area contributed by atoms with E-state index in [2.05, 4.69) is 31.6 Å². The number of carbonyl (C=O) groups excluding carboxylic acids is 9. The second-order valence-electron chi connectivity index (χ2n) is 19.0. The monoisotopic (exact) mass is 1080 g/mol. The van der Waals surface area contributed by atoms with E-state index in [1.54, 1.807) is 44.2 Å². The molecule has 0 unspecified atom stereocenters. The maximum absolute atomic E-state index is 14.7. The van der Waals surface area contributed by atoms with Crippen LogP contribution in [0.1, 0.15) is 87.6 Å². The van der Waals surface area contributed by atoms with Gasteiger partial charge in [0.25, 0.3) is 0 Å². The lowest BCUT2D eigenvalue weighted by atomic mass is 9.91. The fraction of sp³-hybridized carbons (Fsp3) is 0.500. The predicted octanol–water partition coefficient (Wildman–Crippen LogP) is 2.70. The van der Waals surface area contributed by atoms with Crippen molar-refractivity contribution >= 4 is 93.6 Å². The normalized spacial score (nSPS) is 22.2. The van der Waals surface area contributed by atoms with E-state index in [0.29, 0.717) is 30.0 Å². The minimum atomic E-state index is -1.50. The van der Waals surface area contributed by atoms with E-state index >= 15 is 0 Å². The van der Waals surface area contributed by atoms with Crippen molar-refractivity contribution in [2.45, 2.75) is 121 Å². The molecule has 3 heterocycles. The van der Waals surface area contributed by atoms with Crippen LogP contribution >= 0.6 is 34.7 Å². The fourth-order valence-electron chi connectivity index (χ4n) is 8.85. The number of hydrogen-bond acceptors (Lipinski definition) is 12. The van der Waals surface area contributed by atoms with Crippen molar-refractivity contribution in [1.29, 1.82) is 0 Å². The molecule has 2 aliphatic rings. The van der Waals surface area contributed by atoms with Gasteiger partial charge in [-0.2, -0.15) is 11.8 Å². The molecule has 0 radical (unpaired) electrons. The molecule has 3 aromatic rings. The van der Waals surface area contributed by atoms with Crippen LogP contribution in [0.5, 0.6) is 0 Å². The summed E-state index contributed by atoms with van der Waals surface area (Å²) in [5, 5.41) is 16.3. The molecule has 2 aliphatic heterocycles. The number of nitrogens with zero attached hydrogens (tertiary/aromatic N) is 2. The molecule has 0 aliphatic carbocycles. The maximum Gasteiger partial charge on any atom is 0.243 e. The van der Waals surface area contributed by atoms with Gasteiger partial charge in [-0.15, -0.1) is 11.3 Å². The number of halogens is 1. The summed E-state index contributed by atoms with van der Waals surface area (Å²) in [4.78, 5) is 132. The Morgan fingerprint density at radius 1 is 0.838 bits per heavy atom. The zero-order valence-electron chi connectivity index (χ0n) is 41.9. The van der Waals surface area contributed by atoms with Crippen LogP contribution < -0.4 is 43.8 Å².